The molecule has 0 aliphatic carbocycles. The van der Waals surface area contributed by atoms with Crippen LogP contribution in [-0.4, -0.2) is 41.0 Å². The van der Waals surface area contributed by atoms with Gasteiger partial charge in [0.1, 0.15) is 12.4 Å². The van der Waals surface area contributed by atoms with Crippen LogP contribution in [0, 0.1) is 12.7 Å². The van der Waals surface area contributed by atoms with Crippen LogP contribution < -0.4 is 0 Å². The summed E-state index contributed by atoms with van der Waals surface area (Å²) in [5, 5.41) is 5.83. The van der Waals surface area contributed by atoms with Gasteiger partial charge in [0.2, 0.25) is 0 Å². The predicted molar refractivity (Wildman–Crippen MR) is 114 cm³/mol. The molecule has 2 aromatic carbocycles. The van der Waals surface area contributed by atoms with E-state index in [9.17, 15) is 14.0 Å². The highest BCUT2D eigenvalue weighted by Crippen LogP contribution is 2.33. The summed E-state index contributed by atoms with van der Waals surface area (Å²) in [6.07, 6.45) is 1.79. The van der Waals surface area contributed by atoms with Crippen LogP contribution in [0.25, 0.3) is 0 Å². The first-order chi connectivity index (χ1) is 14.9. The number of rotatable bonds is 5. The molecule has 7 heteroatoms. The number of benzene rings is 2. The molecular formula is C24H22FN3O3. The van der Waals surface area contributed by atoms with Gasteiger partial charge in [-0.3, -0.25) is 9.59 Å². The van der Waals surface area contributed by atoms with Gasteiger partial charge in [-0.05, 0) is 30.7 Å². The molecule has 3 aromatic rings. The summed E-state index contributed by atoms with van der Waals surface area (Å²) in [6.45, 7) is 1.80. The number of halogens is 1. The van der Waals surface area contributed by atoms with Crippen molar-refractivity contribution >= 4 is 17.5 Å². The van der Waals surface area contributed by atoms with Crippen molar-refractivity contribution in [2.75, 3.05) is 13.6 Å². The van der Waals surface area contributed by atoms with Crippen molar-refractivity contribution in [3.05, 3.63) is 95.2 Å². The zero-order valence-electron chi connectivity index (χ0n) is 17.3. The summed E-state index contributed by atoms with van der Waals surface area (Å²) < 4.78 is 19.5. The second-order valence-corrected chi connectivity index (χ2v) is 7.53. The molecule has 4 rings (SSSR count). The third-order valence-electron chi connectivity index (χ3n) is 5.26. The van der Waals surface area contributed by atoms with E-state index >= 15 is 0 Å². The zero-order valence-corrected chi connectivity index (χ0v) is 17.3. The maximum atomic E-state index is 14.4. The number of hydrazone groups is 1. The predicted octanol–water partition coefficient (Wildman–Crippen LogP) is 4.18. The van der Waals surface area contributed by atoms with Gasteiger partial charge in [-0.15, -0.1) is 0 Å². The van der Waals surface area contributed by atoms with Crippen molar-refractivity contribution in [3.8, 4) is 0 Å². The van der Waals surface area contributed by atoms with Crippen molar-refractivity contribution < 1.29 is 18.4 Å². The first-order valence-electron chi connectivity index (χ1n) is 9.94. The summed E-state index contributed by atoms with van der Waals surface area (Å²) in [4.78, 5) is 26.9. The smallest absolute Gasteiger partial charge is 0.289 e. The molecule has 0 bridgehead atoms. The summed E-state index contributed by atoms with van der Waals surface area (Å²) in [6, 6.07) is 17.0. The molecule has 2 amide bonds. The molecule has 0 saturated heterocycles. The molecule has 0 fully saturated rings. The lowest BCUT2D eigenvalue weighted by Gasteiger charge is -2.24. The van der Waals surface area contributed by atoms with E-state index in [1.54, 1.807) is 30.3 Å². The Labute approximate surface area is 179 Å². The third-order valence-corrected chi connectivity index (χ3v) is 5.26. The molecule has 158 valence electrons. The lowest BCUT2D eigenvalue weighted by molar-refractivity contribution is -0.133. The maximum absolute atomic E-state index is 14.4. The Morgan fingerprint density at radius 3 is 2.55 bits per heavy atom. The van der Waals surface area contributed by atoms with E-state index in [0.717, 1.165) is 11.1 Å². The topological polar surface area (TPSA) is 66.1 Å². The van der Waals surface area contributed by atoms with Gasteiger partial charge in [0.15, 0.2) is 5.76 Å². The van der Waals surface area contributed by atoms with E-state index in [0.29, 0.717) is 17.7 Å². The summed E-state index contributed by atoms with van der Waals surface area (Å²) >= 11 is 0. The maximum Gasteiger partial charge on any atom is 0.289 e. The molecule has 1 atom stereocenters. The van der Waals surface area contributed by atoms with E-state index in [2.05, 4.69) is 5.10 Å². The quantitative estimate of drug-likeness (QED) is 0.623. The van der Waals surface area contributed by atoms with E-state index in [1.165, 1.54) is 29.3 Å². The van der Waals surface area contributed by atoms with Crippen LogP contribution in [-0.2, 0) is 4.79 Å². The minimum atomic E-state index is -0.400. The first-order valence-corrected chi connectivity index (χ1v) is 9.94. The van der Waals surface area contributed by atoms with Gasteiger partial charge in [0, 0.05) is 19.0 Å². The van der Waals surface area contributed by atoms with Gasteiger partial charge in [-0.1, -0.05) is 48.0 Å². The van der Waals surface area contributed by atoms with E-state index in [-0.39, 0.29) is 30.1 Å². The fraction of sp³-hybridized carbons (Fsp3) is 0.208. The highest BCUT2D eigenvalue weighted by Gasteiger charge is 2.34. The van der Waals surface area contributed by atoms with Crippen LogP contribution in [0.4, 0.5) is 4.39 Å². The average Bonchev–Trinajstić information content (AvgIpc) is 3.44. The normalized spacial score (nSPS) is 15.6. The molecule has 31 heavy (non-hydrogen) atoms. The van der Waals surface area contributed by atoms with Crippen molar-refractivity contribution in [1.29, 1.82) is 0 Å². The first kappa shape index (κ1) is 20.5. The number of furan rings is 1. The molecule has 0 spiro atoms. The lowest BCUT2D eigenvalue weighted by atomic mass is 9.97. The standard InChI is InChI=1S/C24H22FN3O3/c1-16-9-11-17(12-10-16)21-14-20(18-6-3-4-7-19(18)25)26-28(21)23(29)15-27(2)24(30)22-8-5-13-31-22/h3-13,21H,14-15H2,1-2H3. The van der Waals surface area contributed by atoms with Crippen molar-refractivity contribution in [3.63, 3.8) is 0 Å². The van der Waals surface area contributed by atoms with Gasteiger partial charge < -0.3 is 9.32 Å². The Hall–Kier alpha value is -3.74. The van der Waals surface area contributed by atoms with Crippen LogP contribution >= 0.6 is 0 Å². The Bertz CT molecular complexity index is 1120. The van der Waals surface area contributed by atoms with Gasteiger partial charge in [0.05, 0.1) is 18.0 Å². The third kappa shape index (κ3) is 4.26. The molecule has 1 aliphatic heterocycles. The molecule has 0 saturated carbocycles. The van der Waals surface area contributed by atoms with Crippen LogP contribution in [0.1, 0.15) is 39.7 Å². The highest BCUT2D eigenvalue weighted by atomic mass is 19.1. The second kappa shape index (κ2) is 8.55. The van der Waals surface area contributed by atoms with Gasteiger partial charge in [-0.2, -0.15) is 5.10 Å². The molecule has 0 N–H and O–H groups in total. The number of hydrogen-bond donors (Lipinski definition) is 0. The number of carbonyl (C=O) groups excluding carboxylic acids is 2. The fourth-order valence-corrected chi connectivity index (χ4v) is 3.58. The number of hydrogen-bond acceptors (Lipinski definition) is 4. The van der Waals surface area contributed by atoms with Crippen LogP contribution in [0.15, 0.2) is 76.4 Å². The van der Waals surface area contributed by atoms with Gasteiger partial charge in [0.25, 0.3) is 11.8 Å². The van der Waals surface area contributed by atoms with E-state index < -0.39 is 5.91 Å². The number of likely N-dealkylation sites (N-methyl/N-ethyl adjacent to an activating group) is 1. The van der Waals surface area contributed by atoms with E-state index in [4.69, 9.17) is 4.42 Å². The number of aryl methyl sites for hydroxylation is 1. The molecule has 1 aliphatic rings. The molecular weight excluding hydrogens is 397 g/mol. The average molecular weight is 419 g/mol. The summed E-state index contributed by atoms with van der Waals surface area (Å²) in [5.74, 6) is -0.993. The number of carbonyl (C=O) groups is 2. The fourth-order valence-electron chi connectivity index (χ4n) is 3.58. The van der Waals surface area contributed by atoms with Gasteiger partial charge >= 0.3 is 0 Å². The molecule has 0 radical (unpaired) electrons. The van der Waals surface area contributed by atoms with E-state index in [1.807, 2.05) is 31.2 Å². The SMILES string of the molecule is Cc1ccc(C2CC(c3ccccc3F)=NN2C(=O)CN(C)C(=O)c2ccco2)cc1. The number of amides is 2. The highest BCUT2D eigenvalue weighted by molar-refractivity contribution is 6.03. The van der Waals surface area contributed by atoms with Crippen molar-refractivity contribution in [2.45, 2.75) is 19.4 Å². The minimum Gasteiger partial charge on any atom is -0.459 e. The molecule has 2 heterocycles. The van der Waals surface area contributed by atoms with Crippen molar-refractivity contribution in [1.82, 2.24) is 9.91 Å². The Balaban J connectivity index is 1.61. The minimum absolute atomic E-state index is 0.155. The monoisotopic (exact) mass is 419 g/mol. The summed E-state index contributed by atoms with van der Waals surface area (Å²) in [7, 11) is 1.53. The second-order valence-electron chi connectivity index (χ2n) is 7.53. The Morgan fingerprint density at radius 1 is 1.13 bits per heavy atom. The Morgan fingerprint density at radius 2 is 1.87 bits per heavy atom. The Kier molecular flexibility index (Phi) is 5.66. The number of nitrogens with zero attached hydrogens (tertiary/aromatic N) is 3. The largest absolute Gasteiger partial charge is 0.459 e. The van der Waals surface area contributed by atoms with Crippen molar-refractivity contribution in [2.24, 2.45) is 5.10 Å². The molecule has 1 aromatic heterocycles. The molecule has 6 nitrogen and oxygen atoms in total. The van der Waals surface area contributed by atoms with Crippen LogP contribution in [0.5, 0.6) is 0 Å². The van der Waals surface area contributed by atoms with Crippen LogP contribution in [0.2, 0.25) is 0 Å². The van der Waals surface area contributed by atoms with Gasteiger partial charge in [-0.25, -0.2) is 9.40 Å². The lowest BCUT2D eigenvalue weighted by Crippen LogP contribution is -2.39. The zero-order chi connectivity index (χ0) is 22.0. The summed E-state index contributed by atoms with van der Waals surface area (Å²) in [5.41, 5.74) is 2.86. The molecule has 1 unspecified atom stereocenters. The van der Waals surface area contributed by atoms with Crippen LogP contribution in [0.3, 0.4) is 0 Å².